The van der Waals surface area contributed by atoms with E-state index in [1.54, 1.807) is 12.1 Å². The average Bonchev–Trinajstić information content (AvgIpc) is 3.46. The first kappa shape index (κ1) is 24.6. The third-order valence-corrected chi connectivity index (χ3v) is 7.58. The molecule has 0 unspecified atom stereocenters. The van der Waals surface area contributed by atoms with E-state index in [4.69, 9.17) is 9.73 Å². The number of nitrogens with zero attached hydrogens (tertiary/aromatic N) is 2. The van der Waals surface area contributed by atoms with Crippen LogP contribution >= 0.6 is 0 Å². The molecule has 6 nitrogen and oxygen atoms in total. The highest BCUT2D eigenvalue weighted by atomic mass is 16.6. The SMILES string of the molecule is Cc1ccc2c(c1)[C@@H]1C=CC[C@H]1[C@H](c1ccc(N=Cc3ccccc3OCc3ccc([N+](=O)[O-])cc3)cc1)N2. The number of nitro groups is 1. The van der Waals surface area contributed by atoms with Gasteiger partial charge in [0.15, 0.2) is 0 Å². The van der Waals surface area contributed by atoms with Crippen molar-refractivity contribution < 1.29 is 9.66 Å². The predicted molar refractivity (Wildman–Crippen MR) is 155 cm³/mol. The molecule has 194 valence electrons. The molecule has 0 radical (unpaired) electrons. The Labute approximate surface area is 227 Å². The molecule has 0 bridgehead atoms. The van der Waals surface area contributed by atoms with E-state index in [2.05, 4.69) is 66.9 Å². The Morgan fingerprint density at radius 1 is 1.03 bits per heavy atom. The number of nitrogens with one attached hydrogen (secondary N) is 1. The molecule has 1 N–H and O–H groups in total. The molecule has 0 spiro atoms. The van der Waals surface area contributed by atoms with Crippen molar-refractivity contribution in [2.45, 2.75) is 31.9 Å². The number of anilines is 1. The number of benzene rings is 4. The van der Waals surface area contributed by atoms with Crippen molar-refractivity contribution in [3.63, 3.8) is 0 Å². The molecule has 0 aromatic heterocycles. The van der Waals surface area contributed by atoms with E-state index in [-0.39, 0.29) is 11.7 Å². The number of non-ortho nitro benzene ring substituents is 1. The lowest BCUT2D eigenvalue weighted by Gasteiger charge is -2.37. The second-order valence-electron chi connectivity index (χ2n) is 10.2. The number of rotatable bonds is 7. The standard InChI is InChI=1S/C33H29N3O3/c1-22-9-18-31-30(19-22)28-6-4-7-29(28)33(35-31)24-12-14-26(15-13-24)34-20-25-5-2-3-8-32(25)39-21-23-10-16-27(17-11-23)36(37)38/h2-6,8-20,28-29,33,35H,7,21H2,1H3/t28-,29-,33+/m1/s1. The Hall–Kier alpha value is -4.71. The van der Waals surface area contributed by atoms with Gasteiger partial charge in [-0.1, -0.05) is 54.1 Å². The number of para-hydroxylation sites is 1. The molecule has 6 rings (SSSR count). The van der Waals surface area contributed by atoms with Gasteiger partial charge in [-0.05, 0) is 78.4 Å². The molecule has 3 atom stereocenters. The lowest BCUT2D eigenvalue weighted by molar-refractivity contribution is -0.384. The average molecular weight is 516 g/mol. The van der Waals surface area contributed by atoms with E-state index in [0.717, 1.165) is 23.2 Å². The zero-order chi connectivity index (χ0) is 26.8. The molecule has 1 heterocycles. The number of ether oxygens (including phenoxy) is 1. The maximum atomic E-state index is 10.9. The van der Waals surface area contributed by atoms with Gasteiger partial charge in [-0.3, -0.25) is 15.1 Å². The maximum Gasteiger partial charge on any atom is 0.269 e. The third kappa shape index (κ3) is 5.18. The monoisotopic (exact) mass is 515 g/mol. The quantitative estimate of drug-likeness (QED) is 0.117. The molecule has 4 aromatic carbocycles. The highest BCUT2D eigenvalue weighted by Gasteiger charge is 2.37. The fraction of sp³-hybridized carbons (Fsp3) is 0.182. The Balaban J connectivity index is 1.15. The van der Waals surface area contributed by atoms with Crippen LogP contribution in [-0.2, 0) is 6.61 Å². The van der Waals surface area contributed by atoms with Gasteiger partial charge in [0.2, 0.25) is 0 Å². The molecule has 0 saturated carbocycles. The number of aliphatic imine (C=N–C) groups is 1. The van der Waals surface area contributed by atoms with Gasteiger partial charge in [-0.15, -0.1) is 0 Å². The number of hydrogen-bond donors (Lipinski definition) is 1. The van der Waals surface area contributed by atoms with Gasteiger partial charge >= 0.3 is 0 Å². The Morgan fingerprint density at radius 2 is 1.82 bits per heavy atom. The zero-order valence-corrected chi connectivity index (χ0v) is 21.7. The lowest BCUT2D eigenvalue weighted by Crippen LogP contribution is -2.29. The highest BCUT2D eigenvalue weighted by Crippen LogP contribution is 2.50. The van der Waals surface area contributed by atoms with Crippen LogP contribution < -0.4 is 10.1 Å². The molecule has 4 aromatic rings. The largest absolute Gasteiger partial charge is 0.488 e. The van der Waals surface area contributed by atoms with E-state index < -0.39 is 4.92 Å². The van der Waals surface area contributed by atoms with Crippen LogP contribution in [0.15, 0.2) is 108 Å². The summed E-state index contributed by atoms with van der Waals surface area (Å²) in [5, 5.41) is 14.7. The second kappa shape index (κ2) is 10.6. The lowest BCUT2D eigenvalue weighted by atomic mass is 9.76. The molecule has 0 amide bonds. The van der Waals surface area contributed by atoms with Gasteiger partial charge in [0.1, 0.15) is 12.4 Å². The summed E-state index contributed by atoms with van der Waals surface area (Å²) in [7, 11) is 0. The van der Waals surface area contributed by atoms with Crippen LogP contribution in [0.5, 0.6) is 5.75 Å². The number of fused-ring (bicyclic) bond motifs is 3. The minimum atomic E-state index is -0.406. The van der Waals surface area contributed by atoms with Crippen molar-refractivity contribution in [2.24, 2.45) is 10.9 Å². The molecular weight excluding hydrogens is 486 g/mol. The van der Waals surface area contributed by atoms with Crippen molar-refractivity contribution in [2.75, 3.05) is 5.32 Å². The normalized spacial score (nSPS) is 19.4. The fourth-order valence-corrected chi connectivity index (χ4v) is 5.55. The van der Waals surface area contributed by atoms with Crippen LogP contribution in [-0.4, -0.2) is 11.1 Å². The topological polar surface area (TPSA) is 76.8 Å². The van der Waals surface area contributed by atoms with Crippen LogP contribution in [0.2, 0.25) is 0 Å². The van der Waals surface area contributed by atoms with E-state index in [1.807, 2.05) is 30.5 Å². The number of nitro benzene ring substituents is 1. The molecule has 39 heavy (non-hydrogen) atoms. The van der Waals surface area contributed by atoms with Gasteiger partial charge in [-0.25, -0.2) is 0 Å². The third-order valence-electron chi connectivity index (χ3n) is 7.58. The number of allylic oxidation sites excluding steroid dienone is 2. The Bertz CT molecular complexity index is 1560. The van der Waals surface area contributed by atoms with Crippen LogP contribution in [0.3, 0.4) is 0 Å². The minimum absolute atomic E-state index is 0.0659. The summed E-state index contributed by atoms with van der Waals surface area (Å²) in [6, 6.07) is 29.6. The van der Waals surface area contributed by atoms with Crippen LogP contribution in [0.1, 0.15) is 46.2 Å². The summed E-state index contributed by atoms with van der Waals surface area (Å²) in [6.07, 6.45) is 7.58. The Morgan fingerprint density at radius 3 is 2.62 bits per heavy atom. The summed E-state index contributed by atoms with van der Waals surface area (Å²) in [6.45, 7) is 2.47. The molecule has 1 aliphatic heterocycles. The number of aryl methyl sites for hydroxylation is 1. The predicted octanol–water partition coefficient (Wildman–Crippen LogP) is 8.06. The highest BCUT2D eigenvalue weighted by molar-refractivity contribution is 5.85. The molecule has 1 aliphatic carbocycles. The van der Waals surface area contributed by atoms with Crippen molar-refractivity contribution in [1.29, 1.82) is 0 Å². The maximum absolute atomic E-state index is 10.9. The van der Waals surface area contributed by atoms with Crippen LogP contribution in [0, 0.1) is 23.0 Å². The van der Waals surface area contributed by atoms with E-state index >= 15 is 0 Å². The first-order chi connectivity index (χ1) is 19.0. The molecule has 6 heteroatoms. The summed E-state index contributed by atoms with van der Waals surface area (Å²) < 4.78 is 6.01. The Kier molecular flexibility index (Phi) is 6.68. The van der Waals surface area contributed by atoms with Gasteiger partial charge in [0.25, 0.3) is 5.69 Å². The van der Waals surface area contributed by atoms with Crippen molar-refractivity contribution in [1.82, 2.24) is 0 Å². The van der Waals surface area contributed by atoms with Crippen molar-refractivity contribution >= 4 is 23.3 Å². The van der Waals surface area contributed by atoms with Gasteiger partial charge in [0, 0.05) is 35.5 Å². The van der Waals surface area contributed by atoms with E-state index in [9.17, 15) is 10.1 Å². The van der Waals surface area contributed by atoms with Gasteiger partial charge in [-0.2, -0.15) is 0 Å². The summed E-state index contributed by atoms with van der Waals surface area (Å²) in [5.41, 5.74) is 7.86. The van der Waals surface area contributed by atoms with Gasteiger partial charge in [0.05, 0.1) is 16.7 Å². The minimum Gasteiger partial charge on any atom is -0.488 e. The molecule has 2 aliphatic rings. The second-order valence-corrected chi connectivity index (χ2v) is 10.2. The zero-order valence-electron chi connectivity index (χ0n) is 21.7. The molecule has 0 fully saturated rings. The fourth-order valence-electron chi connectivity index (χ4n) is 5.55. The first-order valence-electron chi connectivity index (χ1n) is 13.2. The summed E-state index contributed by atoms with van der Waals surface area (Å²) in [4.78, 5) is 15.2. The summed E-state index contributed by atoms with van der Waals surface area (Å²) in [5.74, 6) is 1.66. The first-order valence-corrected chi connectivity index (χ1v) is 13.2. The smallest absolute Gasteiger partial charge is 0.269 e. The van der Waals surface area contributed by atoms with Crippen LogP contribution in [0.25, 0.3) is 0 Å². The van der Waals surface area contributed by atoms with Crippen LogP contribution in [0.4, 0.5) is 17.1 Å². The van der Waals surface area contributed by atoms with Crippen molar-refractivity contribution in [3.8, 4) is 5.75 Å². The number of hydrogen-bond acceptors (Lipinski definition) is 5. The molecular formula is C33H29N3O3. The van der Waals surface area contributed by atoms with Gasteiger partial charge < -0.3 is 10.1 Å². The van der Waals surface area contributed by atoms with E-state index in [0.29, 0.717) is 24.2 Å². The van der Waals surface area contributed by atoms with E-state index in [1.165, 1.54) is 34.5 Å². The molecule has 0 saturated heterocycles. The van der Waals surface area contributed by atoms with Crippen molar-refractivity contribution in [3.05, 3.63) is 141 Å². The summed E-state index contributed by atoms with van der Waals surface area (Å²) >= 11 is 0.